The molecule has 1 heterocycles. The van der Waals surface area contributed by atoms with Crippen molar-refractivity contribution in [2.75, 3.05) is 7.05 Å². The fourth-order valence-electron chi connectivity index (χ4n) is 2.18. The number of carbonyl (C=O) groups is 1. The third kappa shape index (κ3) is 2.54. The summed E-state index contributed by atoms with van der Waals surface area (Å²) in [6.45, 7) is 16.9. The van der Waals surface area contributed by atoms with Crippen LogP contribution in [0.5, 0.6) is 0 Å². The molecule has 1 aliphatic rings. The Balaban J connectivity index is 2.75. The predicted octanol–water partition coefficient (Wildman–Crippen LogP) is 3.04. The number of rotatable bonds is 4. The quantitative estimate of drug-likeness (QED) is 0.446. The van der Waals surface area contributed by atoms with Gasteiger partial charge in [0.15, 0.2) is 8.32 Å². The van der Waals surface area contributed by atoms with E-state index in [1.54, 1.807) is 4.90 Å². The first-order valence-corrected chi connectivity index (χ1v) is 9.51. The van der Waals surface area contributed by atoms with E-state index in [4.69, 9.17) is 4.43 Å². The fourth-order valence-corrected chi connectivity index (χ4v) is 3.61. The van der Waals surface area contributed by atoms with Crippen molar-refractivity contribution in [3.8, 4) is 0 Å². The van der Waals surface area contributed by atoms with Crippen LogP contribution >= 0.6 is 0 Å². The Kier molecular flexibility index (Phi) is 4.13. The van der Waals surface area contributed by atoms with Crippen LogP contribution in [0.3, 0.4) is 0 Å². The van der Waals surface area contributed by atoms with Gasteiger partial charge < -0.3 is 9.33 Å². The molecule has 0 aromatic rings. The first kappa shape index (κ1) is 15.4. The van der Waals surface area contributed by atoms with E-state index < -0.39 is 8.32 Å². The average Bonchev–Trinajstić information content (AvgIpc) is 2.21. The number of likely N-dealkylation sites (tertiary alicyclic amines) is 1. The van der Waals surface area contributed by atoms with Crippen molar-refractivity contribution >= 4 is 14.2 Å². The van der Waals surface area contributed by atoms with E-state index in [0.717, 1.165) is 0 Å². The Morgan fingerprint density at radius 1 is 1.44 bits per heavy atom. The van der Waals surface area contributed by atoms with Gasteiger partial charge in [-0.25, -0.2) is 0 Å². The second-order valence-corrected chi connectivity index (χ2v) is 11.5. The molecule has 0 bridgehead atoms. The van der Waals surface area contributed by atoms with Crippen LogP contribution in [-0.2, 0) is 9.22 Å². The van der Waals surface area contributed by atoms with Crippen molar-refractivity contribution in [3.05, 3.63) is 12.7 Å². The number of likely N-dealkylation sites (N-methyl/N-ethyl adjacent to an activating group) is 1. The van der Waals surface area contributed by atoms with Gasteiger partial charge in [-0.15, -0.1) is 6.58 Å². The van der Waals surface area contributed by atoms with E-state index in [1.807, 2.05) is 20.0 Å². The molecule has 1 aliphatic heterocycles. The van der Waals surface area contributed by atoms with Gasteiger partial charge in [0.1, 0.15) is 0 Å². The Bertz CT molecular complexity index is 346. The van der Waals surface area contributed by atoms with Gasteiger partial charge in [0.05, 0.1) is 18.1 Å². The summed E-state index contributed by atoms with van der Waals surface area (Å²) in [5.41, 5.74) is 0. The van der Waals surface area contributed by atoms with Crippen molar-refractivity contribution in [1.82, 2.24) is 4.90 Å². The van der Waals surface area contributed by atoms with Crippen LogP contribution in [0, 0.1) is 5.92 Å². The third-order valence-electron chi connectivity index (χ3n) is 4.48. The minimum Gasteiger partial charge on any atom is -0.413 e. The zero-order valence-electron chi connectivity index (χ0n) is 12.8. The van der Waals surface area contributed by atoms with Gasteiger partial charge in [-0.1, -0.05) is 26.8 Å². The number of carbonyl (C=O) groups excluding carboxylic acids is 1. The van der Waals surface area contributed by atoms with Gasteiger partial charge in [0.25, 0.3) is 0 Å². The Morgan fingerprint density at radius 3 is 2.33 bits per heavy atom. The van der Waals surface area contributed by atoms with Gasteiger partial charge in [0.2, 0.25) is 5.91 Å². The number of nitrogens with zero attached hydrogens (tertiary/aromatic N) is 1. The molecule has 1 amide bonds. The SMILES string of the molecule is C=C[C@@H]1[C@@H]([C@@H](C)O[Si](C)(C)C(C)(C)C)C(=O)N1C. The van der Waals surface area contributed by atoms with Crippen LogP contribution in [0.15, 0.2) is 12.7 Å². The third-order valence-corrected chi connectivity index (χ3v) is 9.06. The fraction of sp³-hybridized carbons (Fsp3) is 0.786. The first-order chi connectivity index (χ1) is 8.03. The minimum atomic E-state index is -1.81. The molecule has 3 atom stereocenters. The lowest BCUT2D eigenvalue weighted by molar-refractivity contribution is -0.156. The molecule has 0 aromatic heterocycles. The van der Waals surface area contributed by atoms with E-state index in [9.17, 15) is 4.79 Å². The van der Waals surface area contributed by atoms with Gasteiger partial charge in [-0.05, 0) is 25.1 Å². The molecule has 1 fully saturated rings. The molecule has 0 aromatic carbocycles. The summed E-state index contributed by atoms with van der Waals surface area (Å²) >= 11 is 0. The number of β-lactam (4-membered cyclic amide) rings is 1. The first-order valence-electron chi connectivity index (χ1n) is 6.60. The van der Waals surface area contributed by atoms with Crippen molar-refractivity contribution in [2.45, 2.75) is 58.0 Å². The molecule has 0 spiro atoms. The molecule has 0 N–H and O–H groups in total. The van der Waals surface area contributed by atoms with E-state index >= 15 is 0 Å². The highest BCUT2D eigenvalue weighted by atomic mass is 28.4. The zero-order chi connectivity index (χ0) is 14.3. The summed E-state index contributed by atoms with van der Waals surface area (Å²) < 4.78 is 6.30. The second kappa shape index (κ2) is 4.81. The Hall–Kier alpha value is -0.613. The molecule has 3 nitrogen and oxygen atoms in total. The monoisotopic (exact) mass is 269 g/mol. The predicted molar refractivity (Wildman–Crippen MR) is 78.0 cm³/mol. The van der Waals surface area contributed by atoms with Crippen LogP contribution in [0.25, 0.3) is 0 Å². The summed E-state index contributed by atoms with van der Waals surface area (Å²) in [7, 11) is 0.0115. The standard InChI is InChI=1S/C14H27NO2Si/c1-9-11-12(13(16)15(11)6)10(2)17-18(7,8)14(3,4)5/h9-12H,1H2,2-8H3/t10-,11-,12-/m1/s1. The minimum absolute atomic E-state index is 0.0300. The molecular weight excluding hydrogens is 242 g/mol. The van der Waals surface area contributed by atoms with Gasteiger partial charge >= 0.3 is 0 Å². The molecule has 0 radical (unpaired) electrons. The number of hydrogen-bond acceptors (Lipinski definition) is 2. The zero-order valence-corrected chi connectivity index (χ0v) is 13.8. The molecule has 104 valence electrons. The van der Waals surface area contributed by atoms with Gasteiger partial charge in [-0.3, -0.25) is 4.79 Å². The van der Waals surface area contributed by atoms with E-state index in [2.05, 4.69) is 40.4 Å². The van der Waals surface area contributed by atoms with Crippen LogP contribution in [-0.4, -0.2) is 38.3 Å². The smallest absolute Gasteiger partial charge is 0.230 e. The van der Waals surface area contributed by atoms with Crippen LogP contribution in [0.2, 0.25) is 18.1 Å². The van der Waals surface area contributed by atoms with Crippen molar-refractivity contribution in [2.24, 2.45) is 5.92 Å². The maximum atomic E-state index is 11.9. The van der Waals surface area contributed by atoms with Crippen molar-refractivity contribution in [3.63, 3.8) is 0 Å². The van der Waals surface area contributed by atoms with Crippen LogP contribution in [0.4, 0.5) is 0 Å². The van der Waals surface area contributed by atoms with Crippen molar-refractivity contribution < 1.29 is 9.22 Å². The molecule has 18 heavy (non-hydrogen) atoms. The molecule has 0 unspecified atom stereocenters. The molecule has 1 saturated heterocycles. The lowest BCUT2D eigenvalue weighted by Crippen LogP contribution is -2.63. The van der Waals surface area contributed by atoms with E-state index in [1.165, 1.54) is 0 Å². The van der Waals surface area contributed by atoms with Gasteiger partial charge in [0, 0.05) is 7.05 Å². The maximum Gasteiger partial charge on any atom is 0.230 e. The van der Waals surface area contributed by atoms with Gasteiger partial charge in [-0.2, -0.15) is 0 Å². The summed E-state index contributed by atoms with van der Waals surface area (Å²) in [5.74, 6) is 0.118. The largest absolute Gasteiger partial charge is 0.413 e. The normalized spacial score (nSPS) is 26.8. The van der Waals surface area contributed by atoms with E-state index in [-0.39, 0.29) is 29.0 Å². The highest BCUT2D eigenvalue weighted by molar-refractivity contribution is 6.74. The number of hydrogen-bond donors (Lipinski definition) is 0. The summed E-state index contributed by atoms with van der Waals surface area (Å²) in [6.07, 6.45) is 1.81. The summed E-state index contributed by atoms with van der Waals surface area (Å²) in [4.78, 5) is 13.7. The van der Waals surface area contributed by atoms with Crippen molar-refractivity contribution in [1.29, 1.82) is 0 Å². The number of amides is 1. The lowest BCUT2D eigenvalue weighted by Gasteiger charge is -2.48. The second-order valence-electron chi connectivity index (χ2n) is 6.78. The van der Waals surface area contributed by atoms with Crippen LogP contribution in [0.1, 0.15) is 27.7 Å². The Labute approximate surface area is 112 Å². The lowest BCUT2D eigenvalue weighted by atomic mass is 9.84. The molecule has 0 saturated carbocycles. The molecule has 4 heteroatoms. The topological polar surface area (TPSA) is 29.5 Å². The molecular formula is C14H27NO2Si. The summed E-state index contributed by atoms with van der Waals surface area (Å²) in [6, 6.07) is 0.122. The highest BCUT2D eigenvalue weighted by Gasteiger charge is 2.49. The molecule has 0 aliphatic carbocycles. The van der Waals surface area contributed by atoms with Crippen LogP contribution < -0.4 is 0 Å². The summed E-state index contributed by atoms with van der Waals surface area (Å²) in [5, 5.41) is 0.170. The molecule has 1 rings (SSSR count). The average molecular weight is 269 g/mol. The highest BCUT2D eigenvalue weighted by Crippen LogP contribution is 2.40. The maximum absolute atomic E-state index is 11.9. The Morgan fingerprint density at radius 2 is 1.94 bits per heavy atom. The van der Waals surface area contributed by atoms with E-state index in [0.29, 0.717) is 0 Å².